The van der Waals surface area contributed by atoms with E-state index in [-0.39, 0.29) is 44.9 Å². The molecule has 0 aliphatic rings. The van der Waals surface area contributed by atoms with Crippen LogP contribution in [-0.4, -0.2) is 43.8 Å². The van der Waals surface area contributed by atoms with Gasteiger partial charge < -0.3 is 4.42 Å². The maximum absolute atomic E-state index is 13.0. The van der Waals surface area contributed by atoms with E-state index in [0.29, 0.717) is 0 Å². The molecule has 0 aliphatic carbocycles. The third-order valence-electron chi connectivity index (χ3n) is 4.59. The van der Waals surface area contributed by atoms with Gasteiger partial charge in [-0.25, -0.2) is 37.3 Å². The Balaban J connectivity index is 1.92. The molecular weight excluding hydrogens is 483 g/mol. The van der Waals surface area contributed by atoms with Crippen LogP contribution in [0.3, 0.4) is 0 Å². The van der Waals surface area contributed by atoms with Gasteiger partial charge in [0.15, 0.2) is 31.0 Å². The third kappa shape index (κ3) is 4.06. The lowest BCUT2D eigenvalue weighted by atomic mass is 10.3. The normalized spacial score (nSPS) is 14.3. The molecular formula is C19H14F3N5O4S2. The molecule has 33 heavy (non-hydrogen) atoms. The van der Waals surface area contributed by atoms with Crippen LogP contribution in [-0.2, 0) is 19.6 Å². The molecule has 0 saturated carbocycles. The predicted octanol–water partition coefficient (Wildman–Crippen LogP) is 4.07. The van der Waals surface area contributed by atoms with E-state index in [1.54, 1.807) is 6.07 Å². The van der Waals surface area contributed by atoms with Crippen molar-refractivity contribution < 1.29 is 30.2 Å². The maximum Gasteiger partial charge on any atom is 0.483 e. The number of halogens is 3. The van der Waals surface area contributed by atoms with E-state index in [4.69, 9.17) is 9.20 Å². The van der Waals surface area contributed by atoms with Crippen molar-refractivity contribution in [1.29, 1.82) is 4.78 Å². The minimum atomic E-state index is -5.28. The Bertz CT molecular complexity index is 1570. The van der Waals surface area contributed by atoms with Crippen LogP contribution < -0.4 is 0 Å². The lowest BCUT2D eigenvalue weighted by Gasteiger charge is -2.10. The smallest absolute Gasteiger partial charge is 0.435 e. The molecule has 0 bridgehead atoms. The van der Waals surface area contributed by atoms with Crippen molar-refractivity contribution in [3.63, 3.8) is 0 Å². The van der Waals surface area contributed by atoms with Gasteiger partial charge in [0.25, 0.3) is 0 Å². The molecule has 1 unspecified atom stereocenters. The van der Waals surface area contributed by atoms with E-state index in [9.17, 15) is 25.8 Å². The summed E-state index contributed by atoms with van der Waals surface area (Å²) in [6.07, 6.45) is 2.95. The van der Waals surface area contributed by atoms with E-state index >= 15 is 0 Å². The molecule has 0 spiro atoms. The van der Waals surface area contributed by atoms with Crippen molar-refractivity contribution in [2.45, 2.75) is 22.2 Å². The number of benzene rings is 1. The van der Waals surface area contributed by atoms with Gasteiger partial charge in [-0.3, -0.25) is 0 Å². The number of oxazole rings is 1. The average molecular weight is 497 g/mol. The Morgan fingerprint density at radius 3 is 2.36 bits per heavy atom. The Hall–Kier alpha value is -3.39. The van der Waals surface area contributed by atoms with Crippen LogP contribution in [0.15, 0.2) is 63.0 Å². The summed E-state index contributed by atoms with van der Waals surface area (Å²) in [5, 5.41) is 0. The first-order chi connectivity index (χ1) is 15.4. The van der Waals surface area contributed by atoms with Gasteiger partial charge in [0.2, 0.25) is 5.89 Å². The monoisotopic (exact) mass is 497 g/mol. The largest absolute Gasteiger partial charge is 0.483 e. The van der Waals surface area contributed by atoms with Gasteiger partial charge in [0.1, 0.15) is 16.9 Å². The number of sulfone groups is 1. The summed E-state index contributed by atoms with van der Waals surface area (Å²) in [4.78, 5) is 15.5. The molecule has 0 fully saturated rings. The lowest BCUT2D eigenvalue weighted by molar-refractivity contribution is -0.0406. The highest BCUT2D eigenvalue weighted by molar-refractivity contribution is 7.93. The van der Waals surface area contributed by atoms with Crippen LogP contribution in [0.2, 0.25) is 0 Å². The summed E-state index contributed by atoms with van der Waals surface area (Å²) < 4.78 is 89.1. The lowest BCUT2D eigenvalue weighted by Crippen LogP contribution is -2.21. The summed E-state index contributed by atoms with van der Waals surface area (Å²) in [7, 11) is -8.90. The molecule has 1 aromatic carbocycles. The van der Waals surface area contributed by atoms with Gasteiger partial charge >= 0.3 is 5.51 Å². The zero-order chi connectivity index (χ0) is 24.0. The Kier molecular flexibility index (Phi) is 5.44. The number of fused-ring (bicyclic) bond motifs is 1. The fraction of sp³-hybridized carbons (Fsp3) is 0.158. The first-order valence-electron chi connectivity index (χ1n) is 9.21. The molecule has 4 aromatic rings. The highest BCUT2D eigenvalue weighted by atomic mass is 32.2. The SMILES string of the molecule is CCS(=O)(=O)c1ccc(-c2ncccn2)nc1-c1nc2cc(S(=N)(=O)C(F)(F)F)ccc2o1. The minimum Gasteiger partial charge on any atom is -0.435 e. The minimum absolute atomic E-state index is 0.00543. The zero-order valence-electron chi connectivity index (χ0n) is 16.7. The van der Waals surface area contributed by atoms with Crippen molar-refractivity contribution in [3.05, 3.63) is 48.8 Å². The fourth-order valence-corrected chi connectivity index (χ4v) is 4.70. The van der Waals surface area contributed by atoms with Crippen molar-refractivity contribution in [2.75, 3.05) is 5.75 Å². The van der Waals surface area contributed by atoms with E-state index in [2.05, 4.69) is 19.9 Å². The molecule has 0 amide bonds. The van der Waals surface area contributed by atoms with E-state index < -0.39 is 30.0 Å². The molecule has 3 aromatic heterocycles. The Labute approximate surface area is 185 Å². The van der Waals surface area contributed by atoms with E-state index in [1.165, 1.54) is 31.5 Å². The second-order valence-electron chi connectivity index (χ2n) is 6.67. The van der Waals surface area contributed by atoms with Crippen molar-refractivity contribution in [2.24, 2.45) is 0 Å². The number of nitrogens with one attached hydrogen (secondary N) is 1. The van der Waals surface area contributed by atoms with Gasteiger partial charge in [0, 0.05) is 12.4 Å². The summed E-state index contributed by atoms with van der Waals surface area (Å²) in [5.74, 6) is -0.327. The number of aromatic nitrogens is 4. The van der Waals surface area contributed by atoms with Crippen LogP contribution >= 0.6 is 0 Å². The number of alkyl halides is 3. The van der Waals surface area contributed by atoms with Crippen molar-refractivity contribution >= 4 is 30.7 Å². The summed E-state index contributed by atoms with van der Waals surface area (Å²) >= 11 is 0. The molecule has 1 atom stereocenters. The molecule has 0 radical (unpaired) electrons. The van der Waals surface area contributed by atoms with E-state index in [1.807, 2.05) is 0 Å². The zero-order valence-corrected chi connectivity index (χ0v) is 18.3. The van der Waals surface area contributed by atoms with Crippen LogP contribution in [0.4, 0.5) is 13.2 Å². The summed E-state index contributed by atoms with van der Waals surface area (Å²) in [5.41, 5.74) is -5.39. The first kappa shape index (κ1) is 22.8. The Morgan fingerprint density at radius 2 is 1.73 bits per heavy atom. The van der Waals surface area contributed by atoms with Crippen LogP contribution in [0.5, 0.6) is 0 Å². The summed E-state index contributed by atoms with van der Waals surface area (Å²) in [6, 6.07) is 7.06. The Morgan fingerprint density at radius 1 is 1.03 bits per heavy atom. The fourth-order valence-electron chi connectivity index (χ4n) is 2.88. The van der Waals surface area contributed by atoms with Gasteiger partial charge in [-0.15, -0.1) is 0 Å². The van der Waals surface area contributed by atoms with Crippen molar-refractivity contribution in [3.8, 4) is 23.1 Å². The van der Waals surface area contributed by atoms with Crippen LogP contribution in [0.1, 0.15) is 6.92 Å². The van der Waals surface area contributed by atoms with E-state index in [0.717, 1.165) is 18.2 Å². The van der Waals surface area contributed by atoms with Gasteiger partial charge in [-0.1, -0.05) is 6.92 Å². The standard InChI is InChI=1S/C19H14F3N5O4S2/c1-2-32(28,29)15-7-5-12(17-24-8-3-9-25-17)26-16(15)18-27-13-10-11(4-6-14(13)31-18)33(23,30)19(20,21)22/h3-10,23H,2H2,1H3. The molecule has 14 heteroatoms. The molecule has 3 heterocycles. The second kappa shape index (κ2) is 7.88. The number of hydrogen-bond donors (Lipinski definition) is 1. The highest BCUT2D eigenvalue weighted by Crippen LogP contribution is 2.35. The van der Waals surface area contributed by atoms with Crippen molar-refractivity contribution in [1.82, 2.24) is 19.9 Å². The maximum atomic E-state index is 13.0. The average Bonchev–Trinajstić information content (AvgIpc) is 3.22. The molecule has 0 saturated heterocycles. The molecule has 9 nitrogen and oxygen atoms in total. The molecule has 0 aliphatic heterocycles. The first-order valence-corrected chi connectivity index (χ1v) is 12.4. The topological polar surface area (TPSA) is 140 Å². The van der Waals surface area contributed by atoms with Crippen LogP contribution in [0.25, 0.3) is 34.2 Å². The van der Waals surface area contributed by atoms with Gasteiger partial charge in [-0.2, -0.15) is 13.2 Å². The third-order valence-corrected chi connectivity index (χ3v) is 7.92. The number of rotatable bonds is 5. The molecule has 1 N–H and O–H groups in total. The second-order valence-corrected chi connectivity index (χ2v) is 11.0. The number of pyridine rings is 1. The van der Waals surface area contributed by atoms with Gasteiger partial charge in [0.05, 0.1) is 15.5 Å². The summed E-state index contributed by atoms with van der Waals surface area (Å²) in [6.45, 7) is 1.44. The predicted molar refractivity (Wildman–Crippen MR) is 111 cm³/mol. The number of hydrogen-bond acceptors (Lipinski definition) is 9. The number of nitrogens with zero attached hydrogens (tertiary/aromatic N) is 4. The quantitative estimate of drug-likeness (QED) is 0.435. The highest BCUT2D eigenvalue weighted by Gasteiger charge is 2.43. The molecule has 4 rings (SSSR count). The molecule has 172 valence electrons. The van der Waals surface area contributed by atoms with Crippen LogP contribution in [0, 0.1) is 4.78 Å². The van der Waals surface area contributed by atoms with Gasteiger partial charge in [-0.05, 0) is 36.4 Å².